The Labute approximate surface area is 181 Å². The van der Waals surface area contributed by atoms with E-state index >= 15 is 0 Å². The van der Waals surface area contributed by atoms with Gasteiger partial charge in [0.2, 0.25) is 5.91 Å². The smallest absolute Gasteiger partial charge is 0.346 e. The average Bonchev–Trinajstić information content (AvgIpc) is 3.15. The summed E-state index contributed by atoms with van der Waals surface area (Å²) in [5, 5.41) is 11.1. The van der Waals surface area contributed by atoms with Crippen LogP contribution in [-0.4, -0.2) is 22.9 Å². The van der Waals surface area contributed by atoms with Gasteiger partial charge in [-0.15, -0.1) is 11.3 Å². The largest absolute Gasteiger partial charge is 0.486 e. The molecule has 1 aliphatic rings. The summed E-state index contributed by atoms with van der Waals surface area (Å²) in [5.74, 6) is -1.95. The fourth-order valence-corrected chi connectivity index (χ4v) is 4.46. The SMILES string of the molecule is CC(Oc1ccc(Cl)c(N2C(=O)Cc3csc(C(=O)O)c3C2=O)c1)c1ccccc1. The van der Waals surface area contributed by atoms with Crippen LogP contribution >= 0.6 is 22.9 Å². The third-order valence-electron chi connectivity index (χ3n) is 4.81. The van der Waals surface area contributed by atoms with Crippen LogP contribution < -0.4 is 9.64 Å². The first-order chi connectivity index (χ1) is 14.4. The highest BCUT2D eigenvalue weighted by molar-refractivity contribution is 7.12. The van der Waals surface area contributed by atoms with Gasteiger partial charge in [0.1, 0.15) is 16.7 Å². The van der Waals surface area contributed by atoms with E-state index in [9.17, 15) is 19.5 Å². The van der Waals surface area contributed by atoms with Crippen LogP contribution in [0.25, 0.3) is 0 Å². The van der Waals surface area contributed by atoms with Gasteiger partial charge in [0, 0.05) is 6.07 Å². The van der Waals surface area contributed by atoms with Crippen LogP contribution in [0.15, 0.2) is 53.9 Å². The number of carboxylic acid groups (broad SMARTS) is 1. The van der Waals surface area contributed by atoms with Crippen molar-refractivity contribution >= 4 is 46.4 Å². The summed E-state index contributed by atoms with van der Waals surface area (Å²) in [4.78, 5) is 38.1. The van der Waals surface area contributed by atoms with Gasteiger partial charge >= 0.3 is 5.97 Å². The maximum atomic E-state index is 13.1. The predicted octanol–water partition coefficient (Wildman–Crippen LogP) is 4.97. The van der Waals surface area contributed by atoms with Gasteiger partial charge in [0.15, 0.2) is 0 Å². The van der Waals surface area contributed by atoms with E-state index in [-0.39, 0.29) is 33.7 Å². The molecule has 4 rings (SSSR count). The molecule has 2 heterocycles. The molecule has 3 aromatic rings. The summed E-state index contributed by atoms with van der Waals surface area (Å²) in [6.45, 7) is 1.89. The first kappa shape index (κ1) is 20.1. The number of rotatable bonds is 5. The molecule has 1 unspecified atom stereocenters. The number of ether oxygens (including phenoxy) is 1. The minimum absolute atomic E-state index is 0.0344. The molecule has 30 heavy (non-hydrogen) atoms. The third kappa shape index (κ3) is 3.58. The first-order valence-electron chi connectivity index (χ1n) is 9.09. The van der Waals surface area contributed by atoms with Crippen molar-refractivity contribution in [3.63, 3.8) is 0 Å². The standard InChI is InChI=1S/C22H16ClNO5S/c1-12(13-5-3-2-4-6-13)29-15-7-8-16(23)17(10-15)24-18(25)9-14-11-30-20(22(27)28)19(14)21(24)26/h2-8,10-12H,9H2,1H3,(H,27,28). The Morgan fingerprint density at radius 2 is 1.93 bits per heavy atom. The lowest BCUT2D eigenvalue weighted by atomic mass is 10.0. The monoisotopic (exact) mass is 441 g/mol. The lowest BCUT2D eigenvalue weighted by Gasteiger charge is -2.27. The number of amides is 2. The molecule has 1 aromatic heterocycles. The number of thiophene rings is 1. The van der Waals surface area contributed by atoms with Crippen LogP contribution in [0, 0.1) is 0 Å². The van der Waals surface area contributed by atoms with Gasteiger partial charge in [-0.05, 0) is 35.6 Å². The number of carbonyl (C=O) groups is 3. The minimum Gasteiger partial charge on any atom is -0.486 e. The van der Waals surface area contributed by atoms with E-state index in [0.717, 1.165) is 21.8 Å². The lowest BCUT2D eigenvalue weighted by molar-refractivity contribution is -0.117. The molecular weight excluding hydrogens is 426 g/mol. The van der Waals surface area contributed by atoms with Gasteiger partial charge in [-0.3, -0.25) is 9.59 Å². The minimum atomic E-state index is -1.20. The molecule has 2 aromatic carbocycles. The molecule has 0 radical (unpaired) electrons. The molecule has 1 N–H and O–H groups in total. The van der Waals surface area contributed by atoms with Crippen molar-refractivity contribution in [1.29, 1.82) is 0 Å². The number of benzene rings is 2. The Kier molecular flexibility index (Phi) is 5.32. The van der Waals surface area contributed by atoms with Crippen LogP contribution in [0.4, 0.5) is 5.69 Å². The number of hydrogen-bond donors (Lipinski definition) is 1. The fraction of sp³-hybridized carbons (Fsp3) is 0.136. The molecule has 0 aliphatic carbocycles. The molecule has 6 nitrogen and oxygen atoms in total. The van der Waals surface area contributed by atoms with Crippen molar-refractivity contribution in [2.45, 2.75) is 19.4 Å². The number of nitrogens with zero attached hydrogens (tertiary/aromatic N) is 1. The van der Waals surface area contributed by atoms with E-state index in [1.54, 1.807) is 12.1 Å². The third-order valence-corrected chi connectivity index (χ3v) is 6.15. The number of imide groups is 1. The highest BCUT2D eigenvalue weighted by Crippen LogP contribution is 2.37. The number of carbonyl (C=O) groups excluding carboxylic acids is 2. The zero-order valence-corrected chi connectivity index (χ0v) is 17.4. The Bertz CT molecular complexity index is 1160. The highest BCUT2D eigenvalue weighted by atomic mass is 35.5. The Morgan fingerprint density at radius 1 is 1.20 bits per heavy atom. The van der Waals surface area contributed by atoms with Crippen molar-refractivity contribution in [3.05, 3.63) is 80.5 Å². The quantitative estimate of drug-likeness (QED) is 0.565. The Balaban J connectivity index is 1.69. The summed E-state index contributed by atoms with van der Waals surface area (Å²) < 4.78 is 5.97. The van der Waals surface area contributed by atoms with Crippen LogP contribution in [0.3, 0.4) is 0 Å². The maximum Gasteiger partial charge on any atom is 0.346 e. The summed E-state index contributed by atoms with van der Waals surface area (Å²) in [7, 11) is 0. The normalized spacial score (nSPS) is 14.4. The van der Waals surface area contributed by atoms with E-state index < -0.39 is 17.8 Å². The number of aromatic carboxylic acids is 1. The zero-order valence-electron chi connectivity index (χ0n) is 15.8. The Morgan fingerprint density at radius 3 is 2.63 bits per heavy atom. The predicted molar refractivity (Wildman–Crippen MR) is 114 cm³/mol. The second-order valence-electron chi connectivity index (χ2n) is 6.77. The van der Waals surface area contributed by atoms with Gasteiger partial charge in [0.25, 0.3) is 5.91 Å². The van der Waals surface area contributed by atoms with Crippen molar-refractivity contribution in [3.8, 4) is 5.75 Å². The molecule has 1 aliphatic heterocycles. The highest BCUT2D eigenvalue weighted by Gasteiger charge is 2.37. The van der Waals surface area contributed by atoms with Crippen LogP contribution in [0.5, 0.6) is 5.75 Å². The number of hydrogen-bond acceptors (Lipinski definition) is 5. The molecular formula is C22H16ClNO5S. The average molecular weight is 442 g/mol. The van der Waals surface area contributed by atoms with E-state index in [1.807, 2.05) is 37.3 Å². The molecule has 8 heteroatoms. The van der Waals surface area contributed by atoms with Gasteiger partial charge in [-0.25, -0.2) is 9.69 Å². The summed E-state index contributed by atoms with van der Waals surface area (Å²) in [6.07, 6.45) is -0.345. The van der Waals surface area contributed by atoms with E-state index in [0.29, 0.717) is 11.3 Å². The molecule has 0 saturated heterocycles. The Hall–Kier alpha value is -3.16. The molecule has 0 spiro atoms. The lowest BCUT2D eigenvalue weighted by Crippen LogP contribution is -2.42. The number of carboxylic acids is 1. The van der Waals surface area contributed by atoms with E-state index in [4.69, 9.17) is 16.3 Å². The van der Waals surface area contributed by atoms with Crippen molar-refractivity contribution in [2.75, 3.05) is 4.90 Å². The molecule has 0 fully saturated rings. The number of fused-ring (bicyclic) bond motifs is 1. The zero-order chi connectivity index (χ0) is 21.4. The van der Waals surface area contributed by atoms with Gasteiger partial charge in [-0.1, -0.05) is 41.9 Å². The molecule has 0 bridgehead atoms. The van der Waals surface area contributed by atoms with E-state index in [2.05, 4.69) is 0 Å². The van der Waals surface area contributed by atoms with Crippen LogP contribution in [-0.2, 0) is 11.2 Å². The van der Waals surface area contributed by atoms with Gasteiger partial charge < -0.3 is 9.84 Å². The second-order valence-corrected chi connectivity index (χ2v) is 8.05. The summed E-state index contributed by atoms with van der Waals surface area (Å²) >= 11 is 7.23. The maximum absolute atomic E-state index is 13.1. The number of anilines is 1. The number of halogens is 1. The molecule has 1 atom stereocenters. The topological polar surface area (TPSA) is 83.9 Å². The van der Waals surface area contributed by atoms with E-state index in [1.165, 1.54) is 11.4 Å². The van der Waals surface area contributed by atoms with Gasteiger partial charge in [-0.2, -0.15) is 0 Å². The van der Waals surface area contributed by atoms with Crippen molar-refractivity contribution in [2.24, 2.45) is 0 Å². The van der Waals surface area contributed by atoms with Crippen LogP contribution in [0.1, 0.15) is 44.2 Å². The first-order valence-corrected chi connectivity index (χ1v) is 10.3. The van der Waals surface area contributed by atoms with Crippen molar-refractivity contribution < 1.29 is 24.2 Å². The van der Waals surface area contributed by atoms with Gasteiger partial charge in [0.05, 0.1) is 22.7 Å². The second kappa shape index (κ2) is 7.93. The fourth-order valence-electron chi connectivity index (χ4n) is 3.36. The van der Waals surface area contributed by atoms with Crippen molar-refractivity contribution in [1.82, 2.24) is 0 Å². The molecule has 2 amide bonds. The molecule has 0 saturated carbocycles. The summed E-state index contributed by atoms with van der Waals surface area (Å²) in [5.41, 5.74) is 1.59. The summed E-state index contributed by atoms with van der Waals surface area (Å²) in [6, 6.07) is 14.3. The van der Waals surface area contributed by atoms with Crippen LogP contribution in [0.2, 0.25) is 5.02 Å². The molecule has 152 valence electrons.